The van der Waals surface area contributed by atoms with Crippen LogP contribution in [0.4, 0.5) is 8.78 Å². The first kappa shape index (κ1) is 10.5. The van der Waals surface area contributed by atoms with Crippen molar-refractivity contribution in [1.82, 2.24) is 0 Å². The third-order valence-corrected chi connectivity index (χ3v) is 2.16. The van der Waals surface area contributed by atoms with Crippen LogP contribution >= 0.6 is 12.6 Å². The van der Waals surface area contributed by atoms with Gasteiger partial charge in [0.1, 0.15) is 11.6 Å². The van der Waals surface area contributed by atoms with Gasteiger partial charge in [-0.2, -0.15) is 12.6 Å². The number of aryl methyl sites for hydroxylation is 1. The van der Waals surface area contributed by atoms with Crippen LogP contribution in [0.25, 0.3) is 0 Å². The molecule has 0 amide bonds. The van der Waals surface area contributed by atoms with Crippen molar-refractivity contribution in [2.75, 3.05) is 5.75 Å². The maximum Gasteiger partial charge on any atom is 0.129 e. The number of thiol groups is 1. The van der Waals surface area contributed by atoms with Crippen LogP contribution in [0.2, 0.25) is 0 Å². The second-order valence-corrected chi connectivity index (χ2v) is 3.19. The van der Waals surface area contributed by atoms with E-state index in [0.29, 0.717) is 0 Å². The monoisotopic (exact) mass is 204 g/mol. The number of halogens is 2. The molecular weight excluding hydrogens is 194 g/mol. The zero-order valence-electron chi connectivity index (χ0n) is 7.09. The van der Waals surface area contributed by atoms with Crippen molar-refractivity contribution in [3.05, 3.63) is 34.9 Å². The molecule has 0 aliphatic carbocycles. The number of rotatable bonds is 2. The Morgan fingerprint density at radius 2 is 2.00 bits per heavy atom. The van der Waals surface area contributed by atoms with Crippen molar-refractivity contribution in [1.29, 1.82) is 0 Å². The smallest absolute Gasteiger partial charge is 0.129 e. The normalized spacial score (nSPS) is 13.0. The summed E-state index contributed by atoms with van der Waals surface area (Å²) in [6.45, 7) is 1.47. The summed E-state index contributed by atoms with van der Waals surface area (Å²) in [5.41, 5.74) is 0.186. The summed E-state index contributed by atoms with van der Waals surface area (Å²) in [7, 11) is 0. The molecule has 0 aliphatic heterocycles. The molecule has 0 aromatic heterocycles. The average Bonchev–Trinajstić information content (AvgIpc) is 2.10. The Morgan fingerprint density at radius 3 is 2.54 bits per heavy atom. The second kappa shape index (κ2) is 4.07. The number of aliphatic hydroxyl groups is 1. The standard InChI is InChI=1S/C9H10F2OS/c1-5-2-8(11)6(3-7(5)10)9(12)4-13/h2-3,9,12-13H,4H2,1H3. The number of aliphatic hydroxyl groups excluding tert-OH is 1. The Kier molecular flexibility index (Phi) is 3.27. The quantitative estimate of drug-likeness (QED) is 0.708. The Morgan fingerprint density at radius 1 is 1.38 bits per heavy atom. The van der Waals surface area contributed by atoms with E-state index in [1.807, 2.05) is 0 Å². The van der Waals surface area contributed by atoms with E-state index in [4.69, 9.17) is 0 Å². The summed E-state index contributed by atoms with van der Waals surface area (Å²) in [6, 6.07) is 2.07. The van der Waals surface area contributed by atoms with Crippen molar-refractivity contribution < 1.29 is 13.9 Å². The summed E-state index contributed by atoms with van der Waals surface area (Å²) < 4.78 is 26.1. The van der Waals surface area contributed by atoms with E-state index in [0.717, 1.165) is 12.1 Å². The molecule has 1 rings (SSSR count). The van der Waals surface area contributed by atoms with Crippen LogP contribution in [0.3, 0.4) is 0 Å². The van der Waals surface area contributed by atoms with Gasteiger partial charge in [-0.1, -0.05) is 0 Å². The summed E-state index contributed by atoms with van der Waals surface area (Å²) in [6.07, 6.45) is -1.06. The summed E-state index contributed by atoms with van der Waals surface area (Å²) in [4.78, 5) is 0. The average molecular weight is 204 g/mol. The van der Waals surface area contributed by atoms with Crippen LogP contribution in [0.1, 0.15) is 17.2 Å². The van der Waals surface area contributed by atoms with Crippen LogP contribution < -0.4 is 0 Å². The van der Waals surface area contributed by atoms with Gasteiger partial charge in [0.05, 0.1) is 6.10 Å². The topological polar surface area (TPSA) is 20.2 Å². The zero-order chi connectivity index (χ0) is 10.0. The van der Waals surface area contributed by atoms with Crippen LogP contribution in [-0.4, -0.2) is 10.9 Å². The van der Waals surface area contributed by atoms with E-state index in [1.54, 1.807) is 0 Å². The SMILES string of the molecule is Cc1cc(F)c(C(O)CS)cc1F. The van der Waals surface area contributed by atoms with E-state index >= 15 is 0 Å². The fourth-order valence-electron chi connectivity index (χ4n) is 1.02. The predicted octanol–water partition coefficient (Wildman–Crippen LogP) is 2.24. The second-order valence-electron chi connectivity index (χ2n) is 2.82. The molecule has 1 unspecified atom stereocenters. The van der Waals surface area contributed by atoms with E-state index in [2.05, 4.69) is 12.6 Å². The molecular formula is C9H10F2OS. The first-order chi connectivity index (χ1) is 6.06. The van der Waals surface area contributed by atoms with Gasteiger partial charge < -0.3 is 5.11 Å². The Hall–Kier alpha value is -0.610. The van der Waals surface area contributed by atoms with E-state index < -0.39 is 17.7 Å². The Balaban J connectivity index is 3.15. The summed E-state index contributed by atoms with van der Waals surface area (Å²) >= 11 is 3.80. The van der Waals surface area contributed by atoms with Gasteiger partial charge in [0, 0.05) is 11.3 Å². The van der Waals surface area contributed by atoms with E-state index in [-0.39, 0.29) is 16.9 Å². The molecule has 0 radical (unpaired) electrons. The first-order valence-corrected chi connectivity index (χ1v) is 4.44. The minimum atomic E-state index is -1.06. The highest BCUT2D eigenvalue weighted by Gasteiger charge is 2.13. The molecule has 0 aliphatic rings. The van der Waals surface area contributed by atoms with Crippen LogP contribution in [-0.2, 0) is 0 Å². The van der Waals surface area contributed by atoms with Crippen molar-refractivity contribution in [2.24, 2.45) is 0 Å². The molecule has 0 heterocycles. The number of benzene rings is 1. The maximum absolute atomic E-state index is 13.1. The predicted molar refractivity (Wildman–Crippen MR) is 49.9 cm³/mol. The van der Waals surface area contributed by atoms with Crippen molar-refractivity contribution in [3.8, 4) is 0 Å². The lowest BCUT2D eigenvalue weighted by atomic mass is 10.1. The van der Waals surface area contributed by atoms with Crippen LogP contribution in [0, 0.1) is 18.6 Å². The molecule has 1 aromatic carbocycles. The van der Waals surface area contributed by atoms with Crippen molar-refractivity contribution in [2.45, 2.75) is 13.0 Å². The Labute approximate surface area is 80.8 Å². The van der Waals surface area contributed by atoms with Gasteiger partial charge in [-0.25, -0.2) is 8.78 Å². The fraction of sp³-hybridized carbons (Fsp3) is 0.333. The van der Waals surface area contributed by atoms with Gasteiger partial charge in [0.2, 0.25) is 0 Å². The summed E-state index contributed by atoms with van der Waals surface area (Å²) in [5, 5.41) is 9.24. The highest BCUT2D eigenvalue weighted by molar-refractivity contribution is 7.80. The lowest BCUT2D eigenvalue weighted by Crippen LogP contribution is -2.03. The third kappa shape index (κ3) is 2.19. The van der Waals surface area contributed by atoms with Gasteiger partial charge in [-0.05, 0) is 24.6 Å². The van der Waals surface area contributed by atoms with Gasteiger partial charge in [-0.3, -0.25) is 0 Å². The molecule has 1 aromatic rings. The molecule has 1 nitrogen and oxygen atoms in total. The highest BCUT2D eigenvalue weighted by Crippen LogP contribution is 2.21. The number of hydrogen-bond acceptors (Lipinski definition) is 2. The summed E-state index contributed by atoms with van der Waals surface area (Å²) in [5.74, 6) is -1.04. The van der Waals surface area contributed by atoms with E-state index in [1.165, 1.54) is 6.92 Å². The third-order valence-electron chi connectivity index (χ3n) is 1.81. The van der Waals surface area contributed by atoms with Gasteiger partial charge in [-0.15, -0.1) is 0 Å². The van der Waals surface area contributed by atoms with Crippen molar-refractivity contribution in [3.63, 3.8) is 0 Å². The molecule has 1 N–H and O–H groups in total. The first-order valence-electron chi connectivity index (χ1n) is 3.80. The molecule has 0 bridgehead atoms. The lowest BCUT2D eigenvalue weighted by Gasteiger charge is -2.09. The molecule has 0 saturated carbocycles. The molecule has 4 heteroatoms. The maximum atomic E-state index is 13.1. The largest absolute Gasteiger partial charge is 0.387 e. The number of hydrogen-bond donors (Lipinski definition) is 2. The molecule has 13 heavy (non-hydrogen) atoms. The van der Waals surface area contributed by atoms with Crippen LogP contribution in [0.5, 0.6) is 0 Å². The molecule has 0 saturated heterocycles. The molecule has 1 atom stereocenters. The van der Waals surface area contributed by atoms with Crippen LogP contribution in [0.15, 0.2) is 12.1 Å². The Bertz CT molecular complexity index is 315. The minimum absolute atomic E-state index is 0.0434. The van der Waals surface area contributed by atoms with Gasteiger partial charge in [0.25, 0.3) is 0 Å². The van der Waals surface area contributed by atoms with E-state index in [9.17, 15) is 13.9 Å². The fourth-order valence-corrected chi connectivity index (χ4v) is 1.21. The van der Waals surface area contributed by atoms with Gasteiger partial charge in [0.15, 0.2) is 0 Å². The molecule has 72 valence electrons. The lowest BCUT2D eigenvalue weighted by molar-refractivity contribution is 0.198. The van der Waals surface area contributed by atoms with Gasteiger partial charge >= 0.3 is 0 Å². The molecule has 0 fully saturated rings. The highest BCUT2D eigenvalue weighted by atomic mass is 32.1. The zero-order valence-corrected chi connectivity index (χ0v) is 7.98. The minimum Gasteiger partial charge on any atom is -0.387 e. The van der Waals surface area contributed by atoms with Crippen molar-refractivity contribution >= 4 is 12.6 Å². The molecule has 0 spiro atoms.